The van der Waals surface area contributed by atoms with Gasteiger partial charge in [0.15, 0.2) is 0 Å². The van der Waals surface area contributed by atoms with E-state index in [-0.39, 0.29) is 12.5 Å². The lowest BCUT2D eigenvalue weighted by Gasteiger charge is -2.24. The minimum atomic E-state index is -0.840. The smallest absolute Gasteiger partial charge is 0.324 e. The molecule has 1 aliphatic rings. The van der Waals surface area contributed by atoms with Crippen LogP contribution in [0.1, 0.15) is 26.2 Å². The number of aromatic nitrogens is 3. The van der Waals surface area contributed by atoms with Crippen LogP contribution in [0.4, 0.5) is 10.7 Å². The number of carboxylic acids is 1. The van der Waals surface area contributed by atoms with E-state index < -0.39 is 17.4 Å². The Morgan fingerprint density at radius 2 is 2.30 bits per heavy atom. The Labute approximate surface area is 116 Å². The van der Waals surface area contributed by atoms with Gasteiger partial charge in [-0.05, 0) is 12.8 Å². The highest BCUT2D eigenvalue weighted by molar-refractivity contribution is 5.88. The van der Waals surface area contributed by atoms with Crippen LogP contribution < -0.4 is 5.32 Å². The van der Waals surface area contributed by atoms with E-state index in [1.54, 1.807) is 0 Å². The third-order valence-corrected chi connectivity index (χ3v) is 3.52. The molecule has 1 aliphatic heterocycles. The van der Waals surface area contributed by atoms with Crippen molar-refractivity contribution in [1.29, 1.82) is 0 Å². The van der Waals surface area contributed by atoms with Crippen LogP contribution in [-0.4, -0.2) is 50.3 Å². The summed E-state index contributed by atoms with van der Waals surface area (Å²) in [6.45, 7) is 2.57. The molecule has 108 valence electrons. The molecule has 1 saturated heterocycles. The van der Waals surface area contributed by atoms with Crippen molar-refractivity contribution >= 4 is 17.9 Å². The van der Waals surface area contributed by atoms with Crippen molar-refractivity contribution in [2.45, 2.75) is 26.2 Å². The predicted octanol–water partition coefficient (Wildman–Crippen LogP) is 0.980. The second-order valence-electron chi connectivity index (χ2n) is 4.90. The second-order valence-corrected chi connectivity index (χ2v) is 4.90. The number of hydrogen-bond acceptors (Lipinski definition) is 5. The maximum absolute atomic E-state index is 12.0. The molecule has 2 amide bonds. The lowest BCUT2D eigenvalue weighted by Crippen LogP contribution is -2.39. The van der Waals surface area contributed by atoms with E-state index in [1.807, 2.05) is 6.92 Å². The highest BCUT2D eigenvalue weighted by Crippen LogP contribution is 2.35. The number of nitrogens with one attached hydrogen (secondary N) is 1. The first-order chi connectivity index (χ1) is 9.57. The lowest BCUT2D eigenvalue weighted by molar-refractivity contribution is -0.148. The Morgan fingerprint density at radius 1 is 1.50 bits per heavy atom. The van der Waals surface area contributed by atoms with Crippen LogP contribution in [0.15, 0.2) is 12.4 Å². The summed E-state index contributed by atoms with van der Waals surface area (Å²) in [6.07, 6.45) is 4.63. The number of carboxylic acid groups (broad SMARTS) is 1. The summed E-state index contributed by atoms with van der Waals surface area (Å²) in [5.74, 6) is -0.729. The van der Waals surface area contributed by atoms with Gasteiger partial charge in [0.05, 0.1) is 17.8 Å². The van der Waals surface area contributed by atoms with E-state index in [2.05, 4.69) is 20.5 Å². The molecule has 1 aromatic heterocycles. The summed E-state index contributed by atoms with van der Waals surface area (Å²) >= 11 is 0. The van der Waals surface area contributed by atoms with E-state index in [0.29, 0.717) is 19.4 Å². The van der Waals surface area contributed by atoms with Crippen molar-refractivity contribution in [3.05, 3.63) is 12.4 Å². The Bertz CT molecular complexity index is 495. The van der Waals surface area contributed by atoms with Crippen LogP contribution >= 0.6 is 0 Å². The van der Waals surface area contributed by atoms with Crippen molar-refractivity contribution in [3.63, 3.8) is 0 Å². The summed E-state index contributed by atoms with van der Waals surface area (Å²) in [7, 11) is 0. The topological polar surface area (TPSA) is 108 Å². The molecule has 0 aliphatic carbocycles. The Kier molecular flexibility index (Phi) is 4.11. The van der Waals surface area contributed by atoms with Gasteiger partial charge in [0.1, 0.15) is 0 Å². The molecule has 2 heterocycles. The standard InChI is InChI=1S/C12H17N5O3/c1-2-3-12(9(18)19)4-7-17(8-12)11(20)15-10-13-5-6-14-16-10/h5-6H,2-4,7-8H2,1H3,(H,18,19)(H,13,15,16,20). The molecule has 8 nitrogen and oxygen atoms in total. The molecule has 1 fully saturated rings. The molecule has 1 unspecified atom stereocenters. The van der Waals surface area contributed by atoms with Gasteiger partial charge in [0.2, 0.25) is 0 Å². The molecule has 0 spiro atoms. The molecule has 0 saturated carbocycles. The third-order valence-electron chi connectivity index (χ3n) is 3.52. The first-order valence-electron chi connectivity index (χ1n) is 6.50. The number of aliphatic carboxylic acids is 1. The number of amides is 2. The van der Waals surface area contributed by atoms with Gasteiger partial charge in [-0.1, -0.05) is 13.3 Å². The van der Waals surface area contributed by atoms with Gasteiger partial charge >= 0.3 is 12.0 Å². The van der Waals surface area contributed by atoms with E-state index in [0.717, 1.165) is 6.42 Å². The van der Waals surface area contributed by atoms with Crippen LogP contribution in [0.25, 0.3) is 0 Å². The first-order valence-corrected chi connectivity index (χ1v) is 6.50. The van der Waals surface area contributed by atoms with Gasteiger partial charge in [-0.2, -0.15) is 5.10 Å². The van der Waals surface area contributed by atoms with Gasteiger partial charge in [-0.15, -0.1) is 5.10 Å². The third kappa shape index (κ3) is 2.84. The molecule has 1 aromatic rings. The van der Waals surface area contributed by atoms with Crippen LogP contribution in [0.3, 0.4) is 0 Å². The van der Waals surface area contributed by atoms with Crippen molar-refractivity contribution < 1.29 is 14.7 Å². The monoisotopic (exact) mass is 279 g/mol. The fourth-order valence-electron chi connectivity index (χ4n) is 2.49. The minimum absolute atomic E-state index is 0.112. The number of anilines is 1. The Hall–Kier alpha value is -2.25. The second kappa shape index (κ2) is 5.81. The normalized spacial score (nSPS) is 21.8. The van der Waals surface area contributed by atoms with E-state index in [4.69, 9.17) is 0 Å². The number of nitrogens with zero attached hydrogens (tertiary/aromatic N) is 4. The van der Waals surface area contributed by atoms with E-state index >= 15 is 0 Å². The zero-order valence-corrected chi connectivity index (χ0v) is 11.2. The number of urea groups is 1. The average Bonchev–Trinajstić information content (AvgIpc) is 2.86. The number of hydrogen-bond donors (Lipinski definition) is 2. The quantitative estimate of drug-likeness (QED) is 0.850. The summed E-state index contributed by atoms with van der Waals surface area (Å²) in [5.41, 5.74) is -0.831. The zero-order chi connectivity index (χ0) is 14.6. The molecule has 0 bridgehead atoms. The van der Waals surface area contributed by atoms with Crippen LogP contribution in [-0.2, 0) is 4.79 Å². The number of rotatable bonds is 4. The molecule has 0 aromatic carbocycles. The van der Waals surface area contributed by atoms with E-state index in [1.165, 1.54) is 17.3 Å². The zero-order valence-electron chi connectivity index (χ0n) is 11.2. The summed E-state index contributed by atoms with van der Waals surface area (Å²) < 4.78 is 0. The molecule has 1 atom stereocenters. The van der Waals surface area contributed by atoms with Crippen molar-refractivity contribution in [2.24, 2.45) is 5.41 Å². The molecule has 20 heavy (non-hydrogen) atoms. The molecule has 8 heteroatoms. The van der Waals surface area contributed by atoms with Crippen molar-refractivity contribution in [2.75, 3.05) is 18.4 Å². The van der Waals surface area contributed by atoms with Gasteiger partial charge < -0.3 is 10.0 Å². The van der Waals surface area contributed by atoms with Gasteiger partial charge in [-0.3, -0.25) is 10.1 Å². The fraction of sp³-hybridized carbons (Fsp3) is 0.583. The van der Waals surface area contributed by atoms with Crippen LogP contribution in [0.5, 0.6) is 0 Å². The number of carbonyl (C=O) groups is 2. The van der Waals surface area contributed by atoms with Gasteiger partial charge in [0, 0.05) is 13.1 Å². The summed E-state index contributed by atoms with van der Waals surface area (Å²) in [6, 6.07) is -0.391. The summed E-state index contributed by atoms with van der Waals surface area (Å²) in [4.78, 5) is 28.8. The van der Waals surface area contributed by atoms with Crippen LogP contribution in [0.2, 0.25) is 0 Å². The van der Waals surface area contributed by atoms with Crippen molar-refractivity contribution in [3.8, 4) is 0 Å². The Morgan fingerprint density at radius 3 is 2.90 bits per heavy atom. The minimum Gasteiger partial charge on any atom is -0.481 e. The fourth-order valence-corrected chi connectivity index (χ4v) is 2.49. The van der Waals surface area contributed by atoms with Gasteiger partial charge in [0.25, 0.3) is 5.95 Å². The summed E-state index contributed by atoms with van der Waals surface area (Å²) in [5, 5.41) is 19.2. The van der Waals surface area contributed by atoms with Crippen LogP contribution in [0, 0.1) is 5.41 Å². The number of carbonyl (C=O) groups excluding carboxylic acids is 1. The Balaban J connectivity index is 2.01. The largest absolute Gasteiger partial charge is 0.481 e. The lowest BCUT2D eigenvalue weighted by atomic mass is 9.83. The predicted molar refractivity (Wildman–Crippen MR) is 70.0 cm³/mol. The van der Waals surface area contributed by atoms with Gasteiger partial charge in [-0.25, -0.2) is 9.78 Å². The average molecular weight is 279 g/mol. The first kappa shape index (κ1) is 14.2. The molecular formula is C12H17N5O3. The molecular weight excluding hydrogens is 262 g/mol. The van der Waals surface area contributed by atoms with E-state index in [9.17, 15) is 14.7 Å². The molecule has 0 radical (unpaired) electrons. The molecule has 2 N–H and O–H groups in total. The maximum Gasteiger partial charge on any atom is 0.324 e. The SMILES string of the molecule is CCCC1(C(=O)O)CCN(C(=O)Nc2nccnn2)C1. The maximum atomic E-state index is 12.0. The molecule has 2 rings (SSSR count). The van der Waals surface area contributed by atoms with Crippen molar-refractivity contribution in [1.82, 2.24) is 20.1 Å². The number of likely N-dealkylation sites (tertiary alicyclic amines) is 1. The highest BCUT2D eigenvalue weighted by atomic mass is 16.4. The highest BCUT2D eigenvalue weighted by Gasteiger charge is 2.45.